The fourth-order valence-corrected chi connectivity index (χ4v) is 3.29. The van der Waals surface area contributed by atoms with Gasteiger partial charge in [0.05, 0.1) is 24.9 Å². The fraction of sp³-hybridized carbons (Fsp3) is 0.455. The molecule has 1 aliphatic heterocycles. The van der Waals surface area contributed by atoms with E-state index in [0.29, 0.717) is 35.0 Å². The van der Waals surface area contributed by atoms with Crippen LogP contribution in [0.4, 0.5) is 0 Å². The minimum absolute atomic E-state index is 0.107. The third kappa shape index (κ3) is 7.26. The number of nitrogens with one attached hydrogen (secondary N) is 2. The fourth-order valence-electron chi connectivity index (χ4n) is 3.12. The number of carbonyl (C=O) groups excluding carboxylic acids is 2. The van der Waals surface area contributed by atoms with Crippen LogP contribution in [0.25, 0.3) is 10.8 Å². The van der Waals surface area contributed by atoms with Crippen LogP contribution < -0.4 is 21.3 Å². The van der Waals surface area contributed by atoms with E-state index in [4.69, 9.17) is 22.1 Å². The van der Waals surface area contributed by atoms with E-state index in [1.165, 1.54) is 4.90 Å². The molecule has 1 aliphatic rings. The Morgan fingerprint density at radius 3 is 2.62 bits per heavy atom. The standard InChI is InChI=1S/C10H8ClNO2.C10H18N4O2.C2H6/c1-14-9-5-12-10(13)8-4-6(11)2-3-7(8)9;1-7(12-2)13-6-9(15)14-5-3-4-8(14)10(11)16;1-2/h2-5H,1H3,(H,12,13);8H,3-6H2,1-2H3,(H2,11,16)(H,12,13);1-2H3/t;8-;/m.0./s1. The molecule has 1 fully saturated rings. The molecule has 0 spiro atoms. The monoisotopic (exact) mass is 465 g/mol. The number of nitrogens with zero attached hydrogens (tertiary/aromatic N) is 2. The number of likely N-dealkylation sites (tertiary alicyclic amines) is 1. The van der Waals surface area contributed by atoms with Gasteiger partial charge in [0.2, 0.25) is 11.8 Å². The van der Waals surface area contributed by atoms with Crippen LogP contribution in [0.5, 0.6) is 5.75 Å². The van der Waals surface area contributed by atoms with Gasteiger partial charge in [-0.25, -0.2) is 0 Å². The van der Waals surface area contributed by atoms with Crippen molar-refractivity contribution < 1.29 is 14.3 Å². The molecule has 0 radical (unpaired) electrons. The van der Waals surface area contributed by atoms with Gasteiger partial charge in [-0.05, 0) is 38.0 Å². The lowest BCUT2D eigenvalue weighted by molar-refractivity contribution is -0.136. The number of halogens is 1. The molecule has 2 heterocycles. The highest BCUT2D eigenvalue weighted by Crippen LogP contribution is 2.24. The number of ether oxygens (including phenoxy) is 1. The summed E-state index contributed by atoms with van der Waals surface area (Å²) in [6.45, 7) is 6.55. The summed E-state index contributed by atoms with van der Waals surface area (Å²) in [6.07, 6.45) is 3.04. The number of amides is 2. The highest BCUT2D eigenvalue weighted by atomic mass is 35.5. The molecule has 1 atom stereocenters. The van der Waals surface area contributed by atoms with E-state index in [9.17, 15) is 14.4 Å². The smallest absolute Gasteiger partial charge is 0.256 e. The second-order valence-electron chi connectivity index (χ2n) is 6.69. The van der Waals surface area contributed by atoms with Gasteiger partial charge in [0, 0.05) is 30.2 Å². The van der Waals surface area contributed by atoms with Crippen molar-refractivity contribution in [3.63, 3.8) is 0 Å². The summed E-state index contributed by atoms with van der Waals surface area (Å²) in [5.41, 5.74) is 5.07. The lowest BCUT2D eigenvalue weighted by atomic mass is 10.1. The molecule has 1 saturated heterocycles. The maximum atomic E-state index is 11.8. The van der Waals surface area contributed by atoms with Gasteiger partial charge in [-0.3, -0.25) is 19.4 Å². The molecule has 10 heteroatoms. The van der Waals surface area contributed by atoms with Crippen molar-refractivity contribution in [2.45, 2.75) is 39.7 Å². The Labute approximate surface area is 193 Å². The third-order valence-electron chi connectivity index (χ3n) is 4.78. The molecule has 0 aliphatic carbocycles. The van der Waals surface area contributed by atoms with Gasteiger partial charge in [-0.2, -0.15) is 0 Å². The summed E-state index contributed by atoms with van der Waals surface area (Å²) < 4.78 is 5.11. The highest BCUT2D eigenvalue weighted by Gasteiger charge is 2.32. The molecule has 0 saturated carbocycles. The second kappa shape index (κ2) is 13.4. The number of aliphatic imine (C=N–C) groups is 1. The number of amidine groups is 1. The van der Waals surface area contributed by atoms with Gasteiger partial charge >= 0.3 is 0 Å². The molecule has 9 nitrogen and oxygen atoms in total. The topological polar surface area (TPSA) is 130 Å². The van der Waals surface area contributed by atoms with E-state index in [-0.39, 0.29) is 18.0 Å². The van der Waals surface area contributed by atoms with Gasteiger partial charge in [0.1, 0.15) is 11.8 Å². The van der Waals surface area contributed by atoms with E-state index in [1.54, 1.807) is 45.5 Å². The van der Waals surface area contributed by atoms with E-state index < -0.39 is 11.9 Å². The quantitative estimate of drug-likeness (QED) is 0.471. The normalized spacial score (nSPS) is 15.2. The molecule has 176 valence electrons. The van der Waals surface area contributed by atoms with Crippen molar-refractivity contribution in [3.8, 4) is 5.75 Å². The predicted octanol–water partition coefficient (Wildman–Crippen LogP) is 2.32. The Bertz CT molecular complexity index is 1010. The van der Waals surface area contributed by atoms with Gasteiger partial charge < -0.3 is 25.7 Å². The summed E-state index contributed by atoms with van der Waals surface area (Å²) in [5, 5.41) is 4.72. The molecular weight excluding hydrogens is 434 g/mol. The van der Waals surface area contributed by atoms with Crippen LogP contribution in [0.15, 0.2) is 34.2 Å². The van der Waals surface area contributed by atoms with Crippen LogP contribution in [0, 0.1) is 0 Å². The van der Waals surface area contributed by atoms with E-state index in [1.807, 2.05) is 13.8 Å². The SMILES string of the molecule is CC.CN=C(C)NCC(=O)N1CCC[C@H]1C(N)=O.COc1c[nH]c(=O)c2cc(Cl)ccc12. The number of carbonyl (C=O) groups is 2. The molecule has 1 aromatic carbocycles. The summed E-state index contributed by atoms with van der Waals surface area (Å²) >= 11 is 5.79. The number of hydrogen-bond acceptors (Lipinski definition) is 5. The zero-order valence-corrected chi connectivity index (χ0v) is 20.0. The molecule has 4 N–H and O–H groups in total. The lowest BCUT2D eigenvalue weighted by Crippen LogP contribution is -2.47. The summed E-state index contributed by atoms with van der Waals surface area (Å²) in [7, 11) is 3.20. The van der Waals surface area contributed by atoms with Crippen LogP contribution in [0.1, 0.15) is 33.6 Å². The Hall–Kier alpha value is -3.07. The number of primary amides is 1. The van der Waals surface area contributed by atoms with Gasteiger partial charge in [0.15, 0.2) is 0 Å². The average molecular weight is 466 g/mol. The number of rotatable bonds is 4. The number of benzene rings is 1. The van der Waals surface area contributed by atoms with Crippen LogP contribution in [0.2, 0.25) is 5.02 Å². The van der Waals surface area contributed by atoms with Crippen molar-refractivity contribution in [3.05, 3.63) is 39.8 Å². The number of fused-ring (bicyclic) bond motifs is 1. The maximum Gasteiger partial charge on any atom is 0.256 e. The molecule has 2 aromatic rings. The zero-order chi connectivity index (χ0) is 24.3. The first-order valence-corrected chi connectivity index (χ1v) is 10.8. The highest BCUT2D eigenvalue weighted by molar-refractivity contribution is 6.31. The Morgan fingerprint density at radius 1 is 1.34 bits per heavy atom. The van der Waals surface area contributed by atoms with Crippen LogP contribution in [-0.4, -0.2) is 60.8 Å². The Balaban J connectivity index is 0.000000299. The molecule has 32 heavy (non-hydrogen) atoms. The molecule has 0 bridgehead atoms. The van der Waals surface area contributed by atoms with Crippen LogP contribution in [0.3, 0.4) is 0 Å². The summed E-state index contributed by atoms with van der Waals surface area (Å²) in [5.74, 6) is 0.801. The zero-order valence-electron chi connectivity index (χ0n) is 19.2. The molecule has 1 aromatic heterocycles. The molecule has 2 amide bonds. The van der Waals surface area contributed by atoms with Crippen molar-refractivity contribution in [2.24, 2.45) is 10.7 Å². The minimum Gasteiger partial charge on any atom is -0.495 e. The Kier molecular flexibility index (Phi) is 11.3. The first kappa shape index (κ1) is 27.0. The van der Waals surface area contributed by atoms with Crippen LogP contribution in [-0.2, 0) is 9.59 Å². The molecular formula is C22H32ClN5O4. The van der Waals surface area contributed by atoms with Gasteiger partial charge in [-0.15, -0.1) is 0 Å². The van der Waals surface area contributed by atoms with Gasteiger partial charge in [-0.1, -0.05) is 25.4 Å². The number of aromatic amines is 1. The van der Waals surface area contributed by atoms with Crippen molar-refractivity contribution >= 4 is 40.0 Å². The molecule has 0 unspecified atom stereocenters. The summed E-state index contributed by atoms with van der Waals surface area (Å²) in [4.78, 5) is 42.3. The van der Waals surface area contributed by atoms with Crippen molar-refractivity contribution in [1.29, 1.82) is 0 Å². The lowest BCUT2D eigenvalue weighted by Gasteiger charge is -2.22. The third-order valence-corrected chi connectivity index (χ3v) is 5.01. The van der Waals surface area contributed by atoms with E-state index in [2.05, 4.69) is 15.3 Å². The largest absolute Gasteiger partial charge is 0.495 e. The summed E-state index contributed by atoms with van der Waals surface area (Å²) in [6, 6.07) is 4.68. The second-order valence-corrected chi connectivity index (χ2v) is 7.12. The number of H-pyrrole nitrogens is 1. The minimum atomic E-state index is -0.437. The first-order chi connectivity index (χ1) is 15.3. The van der Waals surface area contributed by atoms with Crippen molar-refractivity contribution in [2.75, 3.05) is 27.2 Å². The average Bonchev–Trinajstić information content (AvgIpc) is 3.30. The number of pyridine rings is 1. The van der Waals surface area contributed by atoms with E-state index >= 15 is 0 Å². The number of methoxy groups -OCH3 is 1. The number of nitrogens with two attached hydrogens (primary N) is 1. The van der Waals surface area contributed by atoms with Crippen LogP contribution >= 0.6 is 11.6 Å². The number of aromatic nitrogens is 1. The predicted molar refractivity (Wildman–Crippen MR) is 128 cm³/mol. The molecule has 3 rings (SSSR count). The van der Waals surface area contributed by atoms with Gasteiger partial charge in [0.25, 0.3) is 5.56 Å². The van der Waals surface area contributed by atoms with E-state index in [0.717, 1.165) is 11.8 Å². The van der Waals surface area contributed by atoms with Crippen molar-refractivity contribution in [1.82, 2.24) is 15.2 Å². The first-order valence-electron chi connectivity index (χ1n) is 10.4. The Morgan fingerprint density at radius 2 is 2.03 bits per heavy atom. The number of hydrogen-bond donors (Lipinski definition) is 3. The maximum absolute atomic E-state index is 11.8.